The minimum absolute atomic E-state index is 0.0199. The van der Waals surface area contributed by atoms with E-state index in [1.807, 2.05) is 0 Å². The van der Waals surface area contributed by atoms with Crippen molar-refractivity contribution in [1.82, 2.24) is 9.88 Å². The van der Waals surface area contributed by atoms with E-state index < -0.39 is 23.5 Å². The number of carbonyl (C=O) groups excluding carboxylic acids is 2. The minimum atomic E-state index is -0.831. The Morgan fingerprint density at radius 2 is 2.13 bits per heavy atom. The van der Waals surface area contributed by atoms with Crippen LogP contribution >= 0.6 is 11.6 Å². The first-order chi connectivity index (χ1) is 15.0. The van der Waals surface area contributed by atoms with E-state index in [2.05, 4.69) is 4.98 Å². The van der Waals surface area contributed by atoms with Gasteiger partial charge in [-0.15, -0.1) is 0 Å². The molecule has 5 rings (SSSR count). The van der Waals surface area contributed by atoms with Crippen LogP contribution in [0.1, 0.15) is 35.1 Å². The maximum atomic E-state index is 13.4. The number of furan rings is 1. The molecule has 3 aromatic rings. The number of ether oxygens (including phenoxy) is 1. The van der Waals surface area contributed by atoms with Crippen molar-refractivity contribution in [2.75, 3.05) is 13.2 Å². The fourth-order valence-electron chi connectivity index (χ4n) is 4.19. The normalized spacial score (nSPS) is 21.5. The molecule has 31 heavy (non-hydrogen) atoms. The number of benzene rings is 1. The summed E-state index contributed by atoms with van der Waals surface area (Å²) in [5.41, 5.74) is 0.926. The highest BCUT2D eigenvalue weighted by Gasteiger charge is 2.46. The van der Waals surface area contributed by atoms with E-state index >= 15 is 0 Å². The van der Waals surface area contributed by atoms with Gasteiger partial charge < -0.3 is 19.2 Å². The standard InChI is InChI=1S/C23H19ClN2O5/c24-14-6-7-17-13(10-14)11-18(31-17)21(27)19-20(16-5-1-2-8-25-16)26(23(29)22(19)28)12-15-4-3-9-30-15/h1-2,5-8,10-11,15,20,28H,3-4,9,12H2. The third-order valence-corrected chi connectivity index (χ3v) is 5.88. The van der Waals surface area contributed by atoms with E-state index in [1.54, 1.807) is 48.7 Å². The van der Waals surface area contributed by atoms with Crippen LogP contribution in [-0.2, 0) is 9.53 Å². The molecule has 1 N–H and O–H groups in total. The highest BCUT2D eigenvalue weighted by Crippen LogP contribution is 2.39. The van der Waals surface area contributed by atoms with Gasteiger partial charge in [0.1, 0.15) is 11.6 Å². The van der Waals surface area contributed by atoms with Crippen LogP contribution in [0, 0.1) is 0 Å². The number of ketones is 1. The number of fused-ring (bicyclic) bond motifs is 1. The molecule has 2 aliphatic rings. The zero-order valence-corrected chi connectivity index (χ0v) is 17.2. The van der Waals surface area contributed by atoms with Gasteiger partial charge in [0.15, 0.2) is 11.5 Å². The Balaban J connectivity index is 1.56. The number of halogens is 1. The second-order valence-corrected chi connectivity index (χ2v) is 8.07. The Kier molecular flexibility index (Phi) is 5.00. The summed E-state index contributed by atoms with van der Waals surface area (Å²) >= 11 is 6.03. The lowest BCUT2D eigenvalue weighted by atomic mass is 9.98. The highest BCUT2D eigenvalue weighted by molar-refractivity contribution is 6.31. The summed E-state index contributed by atoms with van der Waals surface area (Å²) in [6.07, 6.45) is 3.16. The van der Waals surface area contributed by atoms with Gasteiger partial charge in [-0.3, -0.25) is 14.6 Å². The van der Waals surface area contributed by atoms with Gasteiger partial charge in [-0.05, 0) is 49.2 Å². The van der Waals surface area contributed by atoms with E-state index in [0.717, 1.165) is 12.8 Å². The van der Waals surface area contributed by atoms with Gasteiger partial charge >= 0.3 is 0 Å². The molecule has 0 radical (unpaired) electrons. The molecule has 4 heterocycles. The van der Waals surface area contributed by atoms with Gasteiger partial charge in [0.2, 0.25) is 5.78 Å². The number of aliphatic hydroxyl groups excluding tert-OH is 1. The van der Waals surface area contributed by atoms with Crippen LogP contribution < -0.4 is 0 Å². The van der Waals surface area contributed by atoms with Crippen LogP contribution in [0.3, 0.4) is 0 Å². The van der Waals surface area contributed by atoms with E-state index in [4.69, 9.17) is 20.8 Å². The van der Waals surface area contributed by atoms with Gasteiger partial charge in [-0.1, -0.05) is 17.7 Å². The molecule has 1 aromatic carbocycles. The van der Waals surface area contributed by atoms with E-state index in [1.165, 1.54) is 4.90 Å². The Morgan fingerprint density at radius 1 is 1.26 bits per heavy atom. The number of rotatable bonds is 5. The van der Waals surface area contributed by atoms with Crippen molar-refractivity contribution >= 4 is 34.3 Å². The zero-order chi connectivity index (χ0) is 21.5. The van der Waals surface area contributed by atoms with Gasteiger partial charge in [0, 0.05) is 29.8 Å². The van der Waals surface area contributed by atoms with Crippen molar-refractivity contribution in [3.63, 3.8) is 0 Å². The number of amides is 1. The maximum Gasteiger partial charge on any atom is 0.290 e. The van der Waals surface area contributed by atoms with E-state index in [0.29, 0.717) is 28.3 Å². The molecule has 1 fully saturated rings. The van der Waals surface area contributed by atoms with Crippen LogP contribution in [0.15, 0.2) is 64.4 Å². The number of carbonyl (C=O) groups is 2. The van der Waals surface area contributed by atoms with E-state index in [9.17, 15) is 14.7 Å². The van der Waals surface area contributed by atoms with Gasteiger partial charge in [-0.2, -0.15) is 0 Å². The van der Waals surface area contributed by atoms with Crippen LogP contribution in [0.4, 0.5) is 0 Å². The molecular weight excluding hydrogens is 420 g/mol. The molecule has 0 saturated carbocycles. The average Bonchev–Trinajstić information content (AvgIpc) is 3.49. The number of aromatic nitrogens is 1. The molecule has 0 aliphatic carbocycles. The Hall–Kier alpha value is -3.16. The molecule has 1 saturated heterocycles. The first-order valence-electron chi connectivity index (χ1n) is 10.0. The summed E-state index contributed by atoms with van der Waals surface area (Å²) in [4.78, 5) is 32.2. The molecule has 8 heteroatoms. The third kappa shape index (κ3) is 3.49. The predicted molar refractivity (Wildman–Crippen MR) is 113 cm³/mol. The second-order valence-electron chi connectivity index (χ2n) is 7.63. The molecule has 2 aliphatic heterocycles. The number of Topliss-reactive ketones (excluding diaryl/α,β-unsaturated/α-hetero) is 1. The lowest BCUT2D eigenvalue weighted by Gasteiger charge is -2.28. The molecule has 158 valence electrons. The monoisotopic (exact) mass is 438 g/mol. The Bertz CT molecular complexity index is 1200. The van der Waals surface area contributed by atoms with Crippen molar-refractivity contribution in [1.29, 1.82) is 0 Å². The molecule has 0 spiro atoms. The molecule has 2 atom stereocenters. The number of hydrogen-bond donors (Lipinski definition) is 1. The lowest BCUT2D eigenvalue weighted by molar-refractivity contribution is -0.131. The fourth-order valence-corrected chi connectivity index (χ4v) is 4.37. The summed E-state index contributed by atoms with van der Waals surface area (Å²) < 4.78 is 11.4. The van der Waals surface area contributed by atoms with Gasteiger partial charge in [0.25, 0.3) is 5.91 Å². The van der Waals surface area contributed by atoms with E-state index in [-0.39, 0.29) is 24.0 Å². The summed E-state index contributed by atoms with van der Waals surface area (Å²) in [5, 5.41) is 11.9. The number of nitrogens with zero attached hydrogens (tertiary/aromatic N) is 2. The fraction of sp³-hybridized carbons (Fsp3) is 0.261. The van der Waals surface area contributed by atoms with Crippen molar-refractivity contribution in [3.8, 4) is 0 Å². The van der Waals surface area contributed by atoms with Crippen molar-refractivity contribution in [2.45, 2.75) is 25.0 Å². The SMILES string of the molecule is O=C(C1=C(O)C(=O)N(CC2CCCO2)C1c1ccccn1)c1cc2cc(Cl)ccc2o1. The van der Waals surface area contributed by atoms with Crippen molar-refractivity contribution < 1.29 is 23.8 Å². The van der Waals surface area contributed by atoms with Crippen molar-refractivity contribution in [2.24, 2.45) is 0 Å². The summed E-state index contributed by atoms with van der Waals surface area (Å²) in [6, 6.07) is 11.0. The average molecular weight is 439 g/mol. The largest absolute Gasteiger partial charge is 0.503 e. The van der Waals surface area contributed by atoms with Crippen LogP contribution in [-0.4, -0.2) is 45.9 Å². The zero-order valence-electron chi connectivity index (χ0n) is 16.5. The summed E-state index contributed by atoms with van der Waals surface area (Å²) in [7, 11) is 0. The van der Waals surface area contributed by atoms with Crippen LogP contribution in [0.5, 0.6) is 0 Å². The molecule has 0 bridgehead atoms. The maximum absolute atomic E-state index is 13.4. The smallest absolute Gasteiger partial charge is 0.290 e. The Morgan fingerprint density at radius 3 is 2.87 bits per heavy atom. The first-order valence-corrected chi connectivity index (χ1v) is 10.4. The predicted octanol–water partition coefficient (Wildman–Crippen LogP) is 4.24. The van der Waals surface area contributed by atoms with Crippen LogP contribution in [0.25, 0.3) is 11.0 Å². The summed E-state index contributed by atoms with van der Waals surface area (Å²) in [5.74, 6) is -1.75. The molecule has 2 unspecified atom stereocenters. The molecular formula is C23H19ClN2O5. The first kappa shape index (κ1) is 19.8. The molecule has 7 nitrogen and oxygen atoms in total. The van der Waals surface area contributed by atoms with Gasteiger partial charge in [-0.25, -0.2) is 0 Å². The second kappa shape index (κ2) is 7.83. The lowest BCUT2D eigenvalue weighted by Crippen LogP contribution is -2.37. The van der Waals surface area contributed by atoms with Gasteiger partial charge in [0.05, 0.1) is 17.4 Å². The number of pyridine rings is 1. The Labute approximate surface area is 182 Å². The number of hydrogen-bond acceptors (Lipinski definition) is 6. The third-order valence-electron chi connectivity index (χ3n) is 5.64. The van der Waals surface area contributed by atoms with Crippen molar-refractivity contribution in [3.05, 3.63) is 76.5 Å². The van der Waals surface area contributed by atoms with Crippen LogP contribution in [0.2, 0.25) is 5.02 Å². The topological polar surface area (TPSA) is 92.9 Å². The number of aliphatic hydroxyl groups is 1. The highest BCUT2D eigenvalue weighted by atomic mass is 35.5. The summed E-state index contributed by atoms with van der Waals surface area (Å²) in [6.45, 7) is 0.893. The molecule has 1 amide bonds. The minimum Gasteiger partial charge on any atom is -0.503 e. The molecule has 2 aromatic heterocycles. The quantitative estimate of drug-likeness (QED) is 0.599.